The van der Waals surface area contributed by atoms with Crippen molar-refractivity contribution in [3.8, 4) is 40.0 Å². The number of aromatic nitrogens is 2. The summed E-state index contributed by atoms with van der Waals surface area (Å²) in [5, 5.41) is 2.26. The molecule has 2 heterocycles. The maximum Gasteiger partial charge on any atom is 0.118 e. The van der Waals surface area contributed by atoms with Crippen LogP contribution < -0.4 is 4.74 Å². The molecule has 2 aromatic heterocycles. The van der Waals surface area contributed by atoms with Crippen molar-refractivity contribution in [1.29, 1.82) is 0 Å². The summed E-state index contributed by atoms with van der Waals surface area (Å²) in [5.74, 6) is 7.94. The van der Waals surface area contributed by atoms with E-state index in [0.717, 1.165) is 44.4 Å². The van der Waals surface area contributed by atoms with Crippen LogP contribution in [0, 0.1) is 11.8 Å². The predicted octanol–water partition coefficient (Wildman–Crippen LogP) is 19.9. The number of pyridine rings is 2. The SMILES string of the molecule is CCCCCCCCCCCCCCCCC1(CCCCCCCCCCCCCCCC)c2cc(C#Cc3ccc(OC)cc3)ccc2-c2ccc(-c3ccc4ccc5cccnc5c4n3)cc21. The fourth-order valence-electron chi connectivity index (χ4n) is 11.3. The Morgan fingerprint density at radius 2 is 0.884 bits per heavy atom. The molecule has 0 amide bonds. The van der Waals surface area contributed by atoms with E-state index in [0.29, 0.717) is 0 Å². The Hall–Kier alpha value is -4.94. The van der Waals surface area contributed by atoms with Crippen LogP contribution in [0.1, 0.15) is 229 Å². The fraction of sp³-hybridized carbons (Fsp3) is 0.515. The molecule has 1 aliphatic carbocycles. The maximum atomic E-state index is 5.43. The van der Waals surface area contributed by atoms with E-state index in [1.807, 2.05) is 24.4 Å². The molecule has 0 saturated heterocycles. The fourth-order valence-corrected chi connectivity index (χ4v) is 11.3. The molecule has 0 unspecified atom stereocenters. The Bertz CT molecular complexity index is 2470. The lowest BCUT2D eigenvalue weighted by molar-refractivity contribution is 0.397. The van der Waals surface area contributed by atoms with Gasteiger partial charge in [0.25, 0.3) is 0 Å². The minimum Gasteiger partial charge on any atom is -0.497 e. The summed E-state index contributed by atoms with van der Waals surface area (Å²) < 4.78 is 5.43. The van der Waals surface area contributed by atoms with Crippen LogP contribution in [0.3, 0.4) is 0 Å². The van der Waals surface area contributed by atoms with Crippen LogP contribution in [-0.4, -0.2) is 17.1 Å². The molecule has 0 aliphatic heterocycles. The molecule has 0 N–H and O–H groups in total. The topological polar surface area (TPSA) is 35.0 Å². The van der Waals surface area contributed by atoms with Crippen molar-refractivity contribution < 1.29 is 4.74 Å². The second-order valence-corrected chi connectivity index (χ2v) is 20.7. The van der Waals surface area contributed by atoms with Gasteiger partial charge in [0.2, 0.25) is 0 Å². The van der Waals surface area contributed by atoms with Gasteiger partial charge in [-0.25, -0.2) is 4.98 Å². The lowest BCUT2D eigenvalue weighted by Crippen LogP contribution is -2.25. The molecule has 0 atom stereocenters. The zero-order valence-corrected chi connectivity index (χ0v) is 43.3. The normalized spacial score (nSPS) is 12.6. The summed E-state index contributed by atoms with van der Waals surface area (Å²) in [6, 6.07) is 35.5. The predicted molar refractivity (Wildman–Crippen MR) is 298 cm³/mol. The van der Waals surface area contributed by atoms with Crippen molar-refractivity contribution in [2.75, 3.05) is 7.11 Å². The standard InChI is InChI=1S/C66H86N2O/c1-4-6-8-10-12-14-16-18-20-22-24-26-28-30-48-66(49-31-29-27-25-23-21-19-17-15-13-11-9-7-5-2)61-51-54(35-34-53-36-43-58(69-3)44-37-53)38-45-59(61)60-46-41-57(52-62(60)66)63-47-42-56-40-39-55-33-32-50-67-64(55)65(56)68-63/h32-33,36-47,50-52H,4-31,48-49H2,1-3H3. The highest BCUT2D eigenvalue weighted by Crippen LogP contribution is 2.55. The highest BCUT2D eigenvalue weighted by molar-refractivity contribution is 6.03. The van der Waals surface area contributed by atoms with Crippen molar-refractivity contribution in [3.05, 3.63) is 126 Å². The van der Waals surface area contributed by atoms with Gasteiger partial charge < -0.3 is 4.74 Å². The number of unbranched alkanes of at least 4 members (excludes halogenated alkanes) is 26. The molecular formula is C66H86N2O. The molecule has 1 aliphatic rings. The van der Waals surface area contributed by atoms with Gasteiger partial charge in [-0.05, 0) is 89.7 Å². The lowest BCUT2D eigenvalue weighted by atomic mass is 9.70. The number of hydrogen-bond acceptors (Lipinski definition) is 3. The van der Waals surface area contributed by atoms with E-state index in [2.05, 4.69) is 105 Å². The third kappa shape index (κ3) is 15.0. The molecular weight excluding hydrogens is 837 g/mol. The summed E-state index contributed by atoms with van der Waals surface area (Å²) in [6.07, 6.45) is 42.8. The van der Waals surface area contributed by atoms with Gasteiger partial charge in [-0.1, -0.05) is 248 Å². The minimum atomic E-state index is -0.0716. The molecule has 3 heteroatoms. The van der Waals surface area contributed by atoms with E-state index in [4.69, 9.17) is 14.7 Å². The van der Waals surface area contributed by atoms with Crippen LogP contribution in [0.5, 0.6) is 5.75 Å². The van der Waals surface area contributed by atoms with Crippen LogP contribution in [0.15, 0.2) is 103 Å². The Morgan fingerprint density at radius 3 is 1.42 bits per heavy atom. The minimum absolute atomic E-state index is 0.0716. The van der Waals surface area contributed by atoms with E-state index in [-0.39, 0.29) is 5.41 Å². The lowest BCUT2D eigenvalue weighted by Gasteiger charge is -2.33. The first kappa shape index (κ1) is 51.9. The molecule has 7 rings (SSSR count). The van der Waals surface area contributed by atoms with E-state index >= 15 is 0 Å². The summed E-state index contributed by atoms with van der Waals surface area (Å²) in [5.41, 5.74) is 12.0. The van der Waals surface area contributed by atoms with Crippen molar-refractivity contribution in [2.24, 2.45) is 0 Å². The third-order valence-corrected chi connectivity index (χ3v) is 15.4. The van der Waals surface area contributed by atoms with Gasteiger partial charge >= 0.3 is 0 Å². The first-order valence-electron chi connectivity index (χ1n) is 28.2. The van der Waals surface area contributed by atoms with Gasteiger partial charge in [0, 0.05) is 39.1 Å². The molecule has 366 valence electrons. The Balaban J connectivity index is 1.10. The van der Waals surface area contributed by atoms with Crippen LogP contribution >= 0.6 is 0 Å². The van der Waals surface area contributed by atoms with Crippen molar-refractivity contribution in [1.82, 2.24) is 9.97 Å². The molecule has 4 aromatic carbocycles. The largest absolute Gasteiger partial charge is 0.497 e. The van der Waals surface area contributed by atoms with E-state index < -0.39 is 0 Å². The van der Waals surface area contributed by atoms with Crippen molar-refractivity contribution in [3.63, 3.8) is 0 Å². The number of benzene rings is 4. The average molecular weight is 923 g/mol. The Kier molecular flexibility index (Phi) is 21.6. The van der Waals surface area contributed by atoms with Crippen molar-refractivity contribution in [2.45, 2.75) is 212 Å². The second kappa shape index (κ2) is 28.7. The van der Waals surface area contributed by atoms with E-state index in [1.165, 1.54) is 220 Å². The number of rotatable bonds is 32. The first-order valence-corrected chi connectivity index (χ1v) is 28.2. The van der Waals surface area contributed by atoms with Gasteiger partial charge in [0.1, 0.15) is 5.75 Å². The summed E-state index contributed by atoms with van der Waals surface area (Å²) >= 11 is 0. The van der Waals surface area contributed by atoms with Gasteiger partial charge in [0.15, 0.2) is 0 Å². The highest BCUT2D eigenvalue weighted by Gasteiger charge is 2.42. The third-order valence-electron chi connectivity index (χ3n) is 15.4. The average Bonchev–Trinajstić information content (AvgIpc) is 3.65. The molecule has 0 spiro atoms. The number of hydrogen-bond donors (Lipinski definition) is 0. The Labute approximate surface area is 419 Å². The summed E-state index contributed by atoms with van der Waals surface area (Å²) in [7, 11) is 1.72. The number of fused-ring (bicyclic) bond motifs is 6. The zero-order valence-electron chi connectivity index (χ0n) is 43.3. The first-order chi connectivity index (χ1) is 34.1. The molecule has 0 radical (unpaired) electrons. The van der Waals surface area contributed by atoms with Crippen LogP contribution in [0.2, 0.25) is 0 Å². The molecule has 69 heavy (non-hydrogen) atoms. The van der Waals surface area contributed by atoms with Crippen LogP contribution in [0.4, 0.5) is 0 Å². The number of methoxy groups -OCH3 is 1. The smallest absolute Gasteiger partial charge is 0.118 e. The maximum absolute atomic E-state index is 5.43. The quantitative estimate of drug-likeness (QED) is 0.0240. The van der Waals surface area contributed by atoms with Gasteiger partial charge in [-0.3, -0.25) is 4.98 Å². The summed E-state index contributed by atoms with van der Waals surface area (Å²) in [4.78, 5) is 10.2. The van der Waals surface area contributed by atoms with Crippen LogP contribution in [-0.2, 0) is 5.41 Å². The highest BCUT2D eigenvalue weighted by atomic mass is 16.5. The van der Waals surface area contributed by atoms with E-state index in [1.54, 1.807) is 7.11 Å². The van der Waals surface area contributed by atoms with Gasteiger partial charge in [-0.2, -0.15) is 0 Å². The molecule has 6 aromatic rings. The van der Waals surface area contributed by atoms with Gasteiger partial charge in [-0.15, -0.1) is 0 Å². The monoisotopic (exact) mass is 923 g/mol. The number of ether oxygens (including phenoxy) is 1. The number of nitrogens with zero attached hydrogens (tertiary/aromatic N) is 2. The second-order valence-electron chi connectivity index (χ2n) is 20.7. The zero-order chi connectivity index (χ0) is 47.8. The van der Waals surface area contributed by atoms with Crippen molar-refractivity contribution >= 4 is 21.8 Å². The Morgan fingerprint density at radius 1 is 0.435 bits per heavy atom. The van der Waals surface area contributed by atoms with E-state index in [9.17, 15) is 0 Å². The molecule has 0 bridgehead atoms. The molecule has 3 nitrogen and oxygen atoms in total. The van der Waals surface area contributed by atoms with Crippen LogP contribution in [0.25, 0.3) is 44.2 Å². The molecule has 0 fully saturated rings. The van der Waals surface area contributed by atoms with Gasteiger partial charge in [0.05, 0.1) is 23.8 Å². The molecule has 0 saturated carbocycles. The summed E-state index contributed by atoms with van der Waals surface area (Å²) in [6.45, 7) is 4.62.